The first-order chi connectivity index (χ1) is 33.2. The highest BCUT2D eigenvalue weighted by molar-refractivity contribution is 7.47. The van der Waals surface area contributed by atoms with Crippen molar-refractivity contribution in [3.05, 3.63) is 48.6 Å². The van der Waals surface area contributed by atoms with Crippen molar-refractivity contribution < 1.29 is 52.2 Å². The first-order valence-electron chi connectivity index (χ1n) is 27.5. The van der Waals surface area contributed by atoms with Gasteiger partial charge in [-0.2, -0.15) is 0 Å². The predicted octanol–water partition coefficient (Wildman–Crippen LogP) is 15.8. The molecule has 3 unspecified atom stereocenters. The van der Waals surface area contributed by atoms with Crippen molar-refractivity contribution >= 4 is 25.7 Å². The van der Waals surface area contributed by atoms with Crippen molar-refractivity contribution in [1.29, 1.82) is 0 Å². The second-order valence-corrected chi connectivity index (χ2v) is 19.8. The summed E-state index contributed by atoms with van der Waals surface area (Å²) in [5, 5.41) is 9.78. The fourth-order valence-corrected chi connectivity index (χ4v) is 8.27. The lowest BCUT2D eigenvalue weighted by molar-refractivity contribution is -0.161. The molecule has 0 amide bonds. The van der Waals surface area contributed by atoms with Crippen LogP contribution >= 0.6 is 7.82 Å². The fourth-order valence-electron chi connectivity index (χ4n) is 7.49. The van der Waals surface area contributed by atoms with Crippen LogP contribution in [0.4, 0.5) is 0 Å². The van der Waals surface area contributed by atoms with Crippen molar-refractivity contribution in [2.45, 2.75) is 264 Å². The smallest absolute Gasteiger partial charge is 0.462 e. The Labute approximate surface area is 415 Å². The van der Waals surface area contributed by atoms with Gasteiger partial charge in [0.25, 0.3) is 0 Å². The van der Waals surface area contributed by atoms with E-state index in [1.165, 1.54) is 77.0 Å². The van der Waals surface area contributed by atoms with Crippen LogP contribution in [0.1, 0.15) is 252 Å². The van der Waals surface area contributed by atoms with E-state index in [1.54, 1.807) is 0 Å². The number of carbonyl (C=O) groups is 3. The minimum atomic E-state index is -4.75. The molecule has 0 aromatic carbocycles. The monoisotopic (exact) mass is 981 g/mol. The highest BCUT2D eigenvalue weighted by Gasteiger charge is 2.28. The summed E-state index contributed by atoms with van der Waals surface area (Å²) in [5.74, 6) is -1.48. The number of rotatable bonds is 51. The lowest BCUT2D eigenvalue weighted by Gasteiger charge is -2.21. The van der Waals surface area contributed by atoms with Gasteiger partial charge in [0, 0.05) is 19.3 Å². The first-order valence-corrected chi connectivity index (χ1v) is 29.0. The van der Waals surface area contributed by atoms with Gasteiger partial charge in [-0.1, -0.05) is 211 Å². The van der Waals surface area contributed by atoms with Crippen LogP contribution < -0.4 is 0 Å². The summed E-state index contributed by atoms with van der Waals surface area (Å²) in [6.07, 6.45) is 52.1. The molecule has 0 saturated heterocycles. The molecule has 0 bridgehead atoms. The highest BCUT2D eigenvalue weighted by Crippen LogP contribution is 2.43. The number of allylic oxidation sites excluding steroid dienone is 8. The van der Waals surface area contributed by atoms with Crippen LogP contribution in [-0.4, -0.2) is 66.5 Å². The standard InChI is InChI=1S/C56H101O11P/c1-4-7-10-13-16-19-22-25-26-29-30-33-36-39-42-45-54(58)63-49-53(67-56(60)47-44-41-38-35-32-28-24-21-18-15-12-9-6-3)51-65-68(61,62)64-50-52(48-57)66-55(59)46-43-40-37-34-31-27-23-20-17-14-11-8-5-2/h11-12,14-15,20-21,23-24,52-53,57H,4-10,13,16-19,22,25-51H2,1-3H3,(H,61,62)/b14-11-,15-12-,23-20-,24-21-. The third kappa shape index (κ3) is 48.5. The van der Waals surface area contributed by atoms with Crippen molar-refractivity contribution in [3.8, 4) is 0 Å². The lowest BCUT2D eigenvalue weighted by Crippen LogP contribution is -2.30. The topological polar surface area (TPSA) is 155 Å². The Balaban J connectivity index is 4.73. The second-order valence-electron chi connectivity index (χ2n) is 18.4. The number of esters is 3. The maximum atomic E-state index is 12.9. The van der Waals surface area contributed by atoms with Crippen LogP contribution in [0.3, 0.4) is 0 Å². The molecule has 3 atom stereocenters. The van der Waals surface area contributed by atoms with Gasteiger partial charge in [-0.3, -0.25) is 23.4 Å². The Morgan fingerprint density at radius 1 is 0.412 bits per heavy atom. The average Bonchev–Trinajstić information content (AvgIpc) is 3.32. The summed E-state index contributed by atoms with van der Waals surface area (Å²) < 4.78 is 39.4. The summed E-state index contributed by atoms with van der Waals surface area (Å²) in [4.78, 5) is 48.4. The molecule has 0 radical (unpaired) electrons. The maximum Gasteiger partial charge on any atom is 0.472 e. The van der Waals surface area contributed by atoms with Gasteiger partial charge < -0.3 is 24.2 Å². The van der Waals surface area contributed by atoms with Gasteiger partial charge in [0.2, 0.25) is 0 Å². The number of aliphatic hydroxyl groups excluding tert-OH is 1. The van der Waals surface area contributed by atoms with E-state index in [0.717, 1.165) is 116 Å². The fraction of sp³-hybridized carbons (Fsp3) is 0.804. The number of phosphoric ester groups is 1. The Morgan fingerprint density at radius 2 is 0.750 bits per heavy atom. The van der Waals surface area contributed by atoms with Crippen molar-refractivity contribution in [1.82, 2.24) is 0 Å². The molecule has 0 aliphatic carbocycles. The molecule has 0 heterocycles. The zero-order valence-corrected chi connectivity index (χ0v) is 44.5. The van der Waals surface area contributed by atoms with E-state index < -0.39 is 57.8 Å². The molecule has 0 aliphatic heterocycles. The van der Waals surface area contributed by atoms with Gasteiger partial charge in [0.1, 0.15) is 12.7 Å². The van der Waals surface area contributed by atoms with Crippen LogP contribution in [0.2, 0.25) is 0 Å². The molecule has 68 heavy (non-hydrogen) atoms. The number of aliphatic hydroxyl groups is 1. The Morgan fingerprint density at radius 3 is 1.15 bits per heavy atom. The van der Waals surface area contributed by atoms with Crippen LogP contribution in [0.15, 0.2) is 48.6 Å². The van der Waals surface area contributed by atoms with Gasteiger partial charge in [-0.05, 0) is 70.6 Å². The van der Waals surface area contributed by atoms with E-state index in [2.05, 4.69) is 69.4 Å². The quantitative estimate of drug-likeness (QED) is 0.0197. The third-order valence-corrected chi connectivity index (χ3v) is 12.6. The van der Waals surface area contributed by atoms with E-state index in [0.29, 0.717) is 19.3 Å². The molecule has 0 spiro atoms. The zero-order chi connectivity index (χ0) is 49.9. The molecule has 0 saturated carbocycles. The minimum Gasteiger partial charge on any atom is -0.462 e. The molecule has 2 N–H and O–H groups in total. The van der Waals surface area contributed by atoms with Crippen molar-refractivity contribution in [3.63, 3.8) is 0 Å². The maximum absolute atomic E-state index is 12.9. The van der Waals surface area contributed by atoms with Crippen molar-refractivity contribution in [2.75, 3.05) is 26.4 Å². The number of carbonyl (C=O) groups excluding carboxylic acids is 3. The van der Waals surface area contributed by atoms with Crippen LogP contribution in [0.5, 0.6) is 0 Å². The van der Waals surface area contributed by atoms with E-state index >= 15 is 0 Å². The highest BCUT2D eigenvalue weighted by atomic mass is 31.2. The van der Waals surface area contributed by atoms with Gasteiger partial charge in [-0.25, -0.2) is 4.57 Å². The predicted molar refractivity (Wildman–Crippen MR) is 279 cm³/mol. The van der Waals surface area contributed by atoms with Crippen LogP contribution in [-0.2, 0) is 42.2 Å². The number of unbranched alkanes of at least 4 members (excludes halogenated alkanes) is 26. The molecule has 0 aromatic rings. The van der Waals surface area contributed by atoms with Gasteiger partial charge in [-0.15, -0.1) is 0 Å². The van der Waals surface area contributed by atoms with Gasteiger partial charge in [0.05, 0.1) is 19.8 Å². The van der Waals surface area contributed by atoms with Crippen LogP contribution in [0.25, 0.3) is 0 Å². The molecule has 0 aromatic heterocycles. The molecule has 0 rings (SSSR count). The molecule has 0 fully saturated rings. The summed E-state index contributed by atoms with van der Waals surface area (Å²) >= 11 is 0. The Hall–Kier alpha value is -2.56. The third-order valence-electron chi connectivity index (χ3n) is 11.7. The molecule has 396 valence electrons. The van der Waals surface area contributed by atoms with E-state index in [1.807, 2.05) is 0 Å². The number of phosphoric acid groups is 1. The van der Waals surface area contributed by atoms with Crippen molar-refractivity contribution in [2.24, 2.45) is 0 Å². The first kappa shape index (κ1) is 65.4. The second kappa shape index (κ2) is 50.8. The number of ether oxygens (including phenoxy) is 3. The van der Waals surface area contributed by atoms with E-state index in [9.17, 15) is 28.9 Å². The SMILES string of the molecule is CCC/C=C\C/C=C\CCCCCCCC(=O)OC(CO)COP(=O)(O)OCC(COC(=O)CCCCCCCCCCCCCCCCC)OC(=O)CCCCCCC/C=C\C/C=C\CCC. The summed E-state index contributed by atoms with van der Waals surface area (Å²) in [5.41, 5.74) is 0. The lowest BCUT2D eigenvalue weighted by atomic mass is 10.0. The number of hydrogen-bond donors (Lipinski definition) is 2. The number of hydrogen-bond acceptors (Lipinski definition) is 10. The van der Waals surface area contributed by atoms with Gasteiger partial charge >= 0.3 is 25.7 Å². The summed E-state index contributed by atoms with van der Waals surface area (Å²) in [6.45, 7) is 4.50. The van der Waals surface area contributed by atoms with E-state index in [-0.39, 0.29) is 25.9 Å². The van der Waals surface area contributed by atoms with E-state index in [4.69, 9.17) is 23.3 Å². The Kier molecular flexibility index (Phi) is 48.9. The molecule has 11 nitrogen and oxygen atoms in total. The average molecular weight is 981 g/mol. The molecule has 12 heteroatoms. The van der Waals surface area contributed by atoms with Crippen LogP contribution in [0, 0.1) is 0 Å². The zero-order valence-electron chi connectivity index (χ0n) is 43.6. The normalized spacial score (nSPS) is 13.8. The molecular formula is C56H101O11P. The molecule has 0 aliphatic rings. The molecular weight excluding hydrogens is 880 g/mol. The largest absolute Gasteiger partial charge is 0.472 e. The summed E-state index contributed by atoms with van der Waals surface area (Å²) in [6, 6.07) is 0. The summed E-state index contributed by atoms with van der Waals surface area (Å²) in [7, 11) is -4.75. The van der Waals surface area contributed by atoms with Gasteiger partial charge in [0.15, 0.2) is 6.10 Å². The Bertz CT molecular complexity index is 1330. The minimum absolute atomic E-state index is 0.152.